The quantitative estimate of drug-likeness (QED) is 0.590. The molecule has 22 heavy (non-hydrogen) atoms. The van der Waals surface area contributed by atoms with Crippen LogP contribution in [0.5, 0.6) is 5.75 Å². The first-order chi connectivity index (χ1) is 9.92. The fourth-order valence-electron chi connectivity index (χ4n) is 1.63. The summed E-state index contributed by atoms with van der Waals surface area (Å²) in [4.78, 5) is 11.4. The molecule has 1 aliphatic heterocycles. The lowest BCUT2D eigenvalue weighted by Crippen LogP contribution is -2.44. The van der Waals surface area contributed by atoms with Crippen molar-refractivity contribution in [3.05, 3.63) is 26.6 Å². The van der Waals surface area contributed by atoms with E-state index in [1.54, 1.807) is 0 Å². The van der Waals surface area contributed by atoms with Crippen LogP contribution in [-0.2, 0) is 15.1 Å². The summed E-state index contributed by atoms with van der Waals surface area (Å²) in [6.45, 7) is 0. The van der Waals surface area contributed by atoms with Crippen molar-refractivity contribution in [3.8, 4) is 5.75 Å². The van der Waals surface area contributed by atoms with Gasteiger partial charge < -0.3 is 4.18 Å². The largest absolute Gasteiger partial charge is 0.471 e. The Kier molecular flexibility index (Phi) is 4.30. The van der Waals surface area contributed by atoms with Gasteiger partial charge in [-0.1, -0.05) is 15.9 Å². The maximum atomic E-state index is 12.5. The lowest BCUT2D eigenvalue weighted by Gasteiger charge is -2.25. The van der Waals surface area contributed by atoms with E-state index in [4.69, 9.17) is 0 Å². The second kappa shape index (κ2) is 5.49. The normalized spacial score (nSPS) is 16.4. The molecule has 0 bridgehead atoms. The average molecular weight is 466 g/mol. The Balaban J connectivity index is 2.66. The van der Waals surface area contributed by atoms with Crippen LogP contribution in [0.3, 0.4) is 0 Å². The van der Waals surface area contributed by atoms with Gasteiger partial charge in [0.05, 0.1) is 5.56 Å². The van der Waals surface area contributed by atoms with Gasteiger partial charge in [-0.25, -0.2) is 0 Å². The zero-order valence-electron chi connectivity index (χ0n) is 10.5. The zero-order valence-corrected chi connectivity index (χ0v) is 14.5. The minimum atomic E-state index is -5.18. The molecule has 0 aliphatic carbocycles. The number of nitrogens with zero attached hydrogens (tertiary/aromatic N) is 2. The Morgan fingerprint density at radius 2 is 1.91 bits per heavy atom. The zero-order chi connectivity index (χ0) is 16.9. The number of alkyl halides is 3. The van der Waals surface area contributed by atoms with Crippen molar-refractivity contribution in [1.29, 1.82) is 0 Å². The second-order valence-corrected chi connectivity index (χ2v) is 7.02. The van der Waals surface area contributed by atoms with E-state index in [9.17, 15) is 26.4 Å². The summed E-state index contributed by atoms with van der Waals surface area (Å²) in [5, 5.41) is 0. The van der Waals surface area contributed by atoms with Crippen LogP contribution in [0.25, 0.3) is 0 Å². The third kappa shape index (κ3) is 3.27. The molecule has 1 heterocycles. The number of rotatable bonds is 0. The molecule has 2 rings (SSSR count). The minimum absolute atomic E-state index is 0.0851. The molecule has 0 aromatic heterocycles. The second-order valence-electron chi connectivity index (χ2n) is 4.05. The Labute approximate surface area is 139 Å². The van der Waals surface area contributed by atoms with Crippen LogP contribution in [0.4, 0.5) is 13.2 Å². The lowest BCUT2D eigenvalue weighted by atomic mass is 10.1. The number of carbonyl (C=O) groups excluding carboxylic acids is 1. The van der Waals surface area contributed by atoms with Crippen molar-refractivity contribution in [2.24, 2.45) is 4.40 Å². The highest BCUT2D eigenvalue weighted by atomic mass is 79.9. The van der Waals surface area contributed by atoms with E-state index in [-0.39, 0.29) is 20.7 Å². The molecule has 1 amide bonds. The third-order valence-electron chi connectivity index (χ3n) is 2.50. The molecule has 12 heteroatoms. The van der Waals surface area contributed by atoms with Crippen LogP contribution in [0.15, 0.2) is 25.5 Å². The number of fused-ring (bicyclic) bond motifs is 1. The maximum Gasteiger partial charge on any atom is 0.471 e. The Hall–Kier alpha value is -1.14. The first-order valence-electron chi connectivity index (χ1n) is 5.31. The SMILES string of the molecule is CN(C(=O)C(F)(F)F)C1=NS(=O)(=O)Oc2cc(Br)cc(Br)c21. The fourth-order valence-corrected chi connectivity index (χ4v) is 3.82. The van der Waals surface area contributed by atoms with Gasteiger partial charge in [0.25, 0.3) is 0 Å². The number of amides is 1. The van der Waals surface area contributed by atoms with E-state index in [2.05, 4.69) is 40.4 Å². The van der Waals surface area contributed by atoms with Gasteiger partial charge in [-0.15, -0.1) is 4.40 Å². The fraction of sp³-hybridized carbons (Fsp3) is 0.200. The predicted octanol–water partition coefficient (Wildman–Crippen LogP) is 2.62. The summed E-state index contributed by atoms with van der Waals surface area (Å²) in [7, 11) is -3.75. The van der Waals surface area contributed by atoms with Gasteiger partial charge in [0.1, 0.15) is 0 Å². The van der Waals surface area contributed by atoms with Crippen molar-refractivity contribution < 1.29 is 30.6 Å². The van der Waals surface area contributed by atoms with Crippen molar-refractivity contribution in [3.63, 3.8) is 0 Å². The number of amidine groups is 1. The predicted molar refractivity (Wildman–Crippen MR) is 76.8 cm³/mol. The van der Waals surface area contributed by atoms with Crippen molar-refractivity contribution in [1.82, 2.24) is 4.90 Å². The van der Waals surface area contributed by atoms with E-state index in [1.165, 1.54) is 12.1 Å². The molecule has 6 nitrogen and oxygen atoms in total. The Bertz CT molecular complexity index is 792. The van der Waals surface area contributed by atoms with Crippen molar-refractivity contribution in [2.45, 2.75) is 6.18 Å². The highest BCUT2D eigenvalue weighted by Gasteiger charge is 2.44. The lowest BCUT2D eigenvalue weighted by molar-refractivity contribution is -0.180. The van der Waals surface area contributed by atoms with E-state index >= 15 is 0 Å². The molecule has 1 aliphatic rings. The van der Waals surface area contributed by atoms with Gasteiger partial charge in [0.15, 0.2) is 11.6 Å². The summed E-state index contributed by atoms with van der Waals surface area (Å²) < 4.78 is 69.1. The summed E-state index contributed by atoms with van der Waals surface area (Å²) in [5.41, 5.74) is -0.0851. The summed E-state index contributed by atoms with van der Waals surface area (Å²) in [5.74, 6) is -3.21. The molecular formula is C10H5Br2F3N2O4S. The first kappa shape index (κ1) is 17.2. The van der Waals surface area contributed by atoms with Gasteiger partial charge in [-0.3, -0.25) is 9.69 Å². The number of hydrogen-bond donors (Lipinski definition) is 0. The van der Waals surface area contributed by atoms with Gasteiger partial charge in [0.2, 0.25) is 0 Å². The third-order valence-corrected chi connectivity index (χ3v) is 4.37. The smallest absolute Gasteiger partial charge is 0.365 e. The van der Waals surface area contributed by atoms with Crippen LogP contribution in [0.1, 0.15) is 5.56 Å². The topological polar surface area (TPSA) is 76.0 Å². The minimum Gasteiger partial charge on any atom is -0.365 e. The molecule has 0 spiro atoms. The number of benzene rings is 1. The standard InChI is InChI=1S/C10H5Br2F3N2O4S/c1-17(9(18)10(13,14)15)8-7-5(12)2-4(11)3-6(7)21-22(19,20)16-8/h2-3H,1H3. The molecule has 0 radical (unpaired) electrons. The Morgan fingerprint density at radius 1 is 1.32 bits per heavy atom. The molecule has 0 fully saturated rings. The molecule has 0 saturated carbocycles. The molecule has 1 aromatic rings. The number of carbonyl (C=O) groups is 1. The number of halogens is 5. The molecule has 120 valence electrons. The van der Waals surface area contributed by atoms with Crippen LogP contribution in [0.2, 0.25) is 0 Å². The van der Waals surface area contributed by atoms with E-state index in [0.29, 0.717) is 4.47 Å². The van der Waals surface area contributed by atoms with Gasteiger partial charge in [-0.2, -0.15) is 21.6 Å². The monoisotopic (exact) mass is 464 g/mol. The summed E-state index contributed by atoms with van der Waals surface area (Å²) in [6.07, 6.45) is -5.18. The van der Waals surface area contributed by atoms with E-state index < -0.39 is 28.2 Å². The van der Waals surface area contributed by atoms with Crippen molar-refractivity contribution >= 4 is 53.9 Å². The van der Waals surface area contributed by atoms with Crippen LogP contribution < -0.4 is 4.18 Å². The van der Waals surface area contributed by atoms with Crippen LogP contribution in [-0.4, -0.2) is 38.3 Å². The molecule has 0 saturated heterocycles. The number of hydrogen-bond acceptors (Lipinski definition) is 4. The van der Waals surface area contributed by atoms with E-state index in [0.717, 1.165) is 7.05 Å². The van der Waals surface area contributed by atoms with Crippen molar-refractivity contribution in [2.75, 3.05) is 7.05 Å². The molecule has 0 unspecified atom stereocenters. The van der Waals surface area contributed by atoms with Gasteiger partial charge >= 0.3 is 22.4 Å². The Morgan fingerprint density at radius 3 is 2.45 bits per heavy atom. The highest BCUT2D eigenvalue weighted by Crippen LogP contribution is 2.36. The highest BCUT2D eigenvalue weighted by molar-refractivity contribution is 9.11. The maximum absolute atomic E-state index is 12.5. The molecule has 0 N–H and O–H groups in total. The van der Waals surface area contributed by atoms with Crippen LogP contribution >= 0.6 is 31.9 Å². The van der Waals surface area contributed by atoms with Gasteiger partial charge in [0, 0.05) is 16.0 Å². The summed E-state index contributed by atoms with van der Waals surface area (Å²) in [6, 6.07) is 2.68. The average Bonchev–Trinajstić information content (AvgIpc) is 2.32. The molecule has 0 atom stereocenters. The molecule has 1 aromatic carbocycles. The molecular weight excluding hydrogens is 461 g/mol. The van der Waals surface area contributed by atoms with Gasteiger partial charge in [-0.05, 0) is 28.1 Å². The first-order valence-corrected chi connectivity index (χ1v) is 8.26. The van der Waals surface area contributed by atoms with Crippen LogP contribution in [0, 0.1) is 0 Å². The van der Waals surface area contributed by atoms with E-state index in [1.807, 2.05) is 0 Å². The summed E-state index contributed by atoms with van der Waals surface area (Å²) >= 11 is 6.17.